The third kappa shape index (κ3) is 5.71. The average molecular weight is 408 g/mol. The van der Waals surface area contributed by atoms with E-state index in [9.17, 15) is 9.18 Å². The van der Waals surface area contributed by atoms with Gasteiger partial charge in [0.05, 0.1) is 0 Å². The molecule has 1 fully saturated rings. The predicted molar refractivity (Wildman–Crippen MR) is 108 cm³/mol. The molecule has 3 nitrogen and oxygen atoms in total. The van der Waals surface area contributed by atoms with Crippen LogP contribution in [-0.2, 0) is 14.9 Å². The molecule has 1 amide bonds. The highest BCUT2D eigenvalue weighted by atomic mass is 35.5. The van der Waals surface area contributed by atoms with Crippen LogP contribution in [0, 0.1) is 5.82 Å². The molecule has 0 radical (unpaired) electrons. The first-order valence-corrected chi connectivity index (χ1v) is 10.4. The van der Waals surface area contributed by atoms with Gasteiger partial charge in [-0.3, -0.25) is 4.79 Å². The molecule has 0 atom stereocenters. The van der Waals surface area contributed by atoms with Crippen molar-refractivity contribution in [2.45, 2.75) is 29.6 Å². The summed E-state index contributed by atoms with van der Waals surface area (Å²) in [6.07, 6.45) is 1.98. The summed E-state index contributed by atoms with van der Waals surface area (Å²) in [5.41, 5.74) is 0.668. The number of hydrogen-bond donors (Lipinski definition) is 1. The van der Waals surface area contributed by atoms with Crippen molar-refractivity contribution >= 4 is 29.3 Å². The lowest BCUT2D eigenvalue weighted by Crippen LogP contribution is -2.44. The van der Waals surface area contributed by atoms with Gasteiger partial charge in [0.25, 0.3) is 0 Å². The van der Waals surface area contributed by atoms with Crippen molar-refractivity contribution in [2.75, 3.05) is 25.5 Å². The molecule has 0 aliphatic carbocycles. The number of nitrogens with one attached hydrogen (secondary N) is 1. The summed E-state index contributed by atoms with van der Waals surface area (Å²) < 4.78 is 19.2. The van der Waals surface area contributed by atoms with Gasteiger partial charge < -0.3 is 10.1 Å². The lowest BCUT2D eigenvalue weighted by molar-refractivity contribution is -0.121. The number of ether oxygens (including phenoxy) is 1. The topological polar surface area (TPSA) is 38.3 Å². The van der Waals surface area contributed by atoms with Crippen LogP contribution >= 0.6 is 23.4 Å². The molecule has 1 aliphatic heterocycles. The van der Waals surface area contributed by atoms with Crippen LogP contribution in [0.5, 0.6) is 0 Å². The van der Waals surface area contributed by atoms with Crippen molar-refractivity contribution in [3.63, 3.8) is 0 Å². The first kappa shape index (κ1) is 20.2. The van der Waals surface area contributed by atoms with Gasteiger partial charge in [0, 0.05) is 47.3 Å². The highest BCUT2D eigenvalue weighted by molar-refractivity contribution is 7.99. The van der Waals surface area contributed by atoms with Gasteiger partial charge in [0.2, 0.25) is 5.91 Å². The Bertz CT molecular complexity index is 763. The summed E-state index contributed by atoms with van der Waals surface area (Å²) in [6, 6.07) is 14.3. The molecule has 0 bridgehead atoms. The third-order valence-corrected chi connectivity index (χ3v) is 6.19. The van der Waals surface area contributed by atoms with E-state index in [4.69, 9.17) is 16.3 Å². The van der Waals surface area contributed by atoms with E-state index in [1.54, 1.807) is 23.9 Å². The van der Waals surface area contributed by atoms with Gasteiger partial charge >= 0.3 is 0 Å². The number of benzene rings is 2. The normalized spacial score (nSPS) is 16.1. The zero-order valence-corrected chi connectivity index (χ0v) is 16.6. The summed E-state index contributed by atoms with van der Waals surface area (Å²) in [6.45, 7) is 1.75. The van der Waals surface area contributed by atoms with Crippen molar-refractivity contribution < 1.29 is 13.9 Å². The SMILES string of the molecule is O=C(CCSc1ccc(Cl)cc1)NCC1(c2cccc(F)c2)CCOCC1. The molecule has 0 unspecified atom stereocenters. The van der Waals surface area contributed by atoms with Gasteiger partial charge in [0.1, 0.15) is 5.82 Å². The molecule has 1 heterocycles. The Morgan fingerprint density at radius 3 is 2.63 bits per heavy atom. The Balaban J connectivity index is 1.54. The molecule has 0 spiro atoms. The fraction of sp³-hybridized carbons (Fsp3) is 0.381. The van der Waals surface area contributed by atoms with Crippen LogP contribution in [0.3, 0.4) is 0 Å². The van der Waals surface area contributed by atoms with Crippen LogP contribution in [-0.4, -0.2) is 31.4 Å². The second-order valence-corrected chi connectivity index (χ2v) is 8.34. The quantitative estimate of drug-likeness (QED) is 0.668. The van der Waals surface area contributed by atoms with Crippen molar-refractivity contribution in [2.24, 2.45) is 0 Å². The van der Waals surface area contributed by atoms with Gasteiger partial charge in [0.15, 0.2) is 0 Å². The van der Waals surface area contributed by atoms with E-state index in [2.05, 4.69) is 5.32 Å². The Morgan fingerprint density at radius 2 is 1.93 bits per heavy atom. The molecule has 0 aromatic heterocycles. The molecular weight excluding hydrogens is 385 g/mol. The number of carbonyl (C=O) groups excluding carboxylic acids is 1. The number of hydrogen-bond acceptors (Lipinski definition) is 3. The minimum atomic E-state index is -0.265. The molecule has 6 heteroatoms. The van der Waals surface area contributed by atoms with E-state index in [0.717, 1.165) is 23.3 Å². The van der Waals surface area contributed by atoms with Gasteiger partial charge in [-0.1, -0.05) is 23.7 Å². The molecule has 2 aromatic carbocycles. The Hall–Kier alpha value is -1.56. The van der Waals surface area contributed by atoms with E-state index < -0.39 is 0 Å². The maximum Gasteiger partial charge on any atom is 0.220 e. The second-order valence-electron chi connectivity index (χ2n) is 6.73. The molecular formula is C21H23ClFNO2S. The smallest absolute Gasteiger partial charge is 0.220 e. The van der Waals surface area contributed by atoms with Gasteiger partial charge in [-0.25, -0.2) is 4.39 Å². The van der Waals surface area contributed by atoms with Gasteiger partial charge in [-0.15, -0.1) is 11.8 Å². The largest absolute Gasteiger partial charge is 0.381 e. The Morgan fingerprint density at radius 1 is 1.19 bits per heavy atom. The number of amides is 1. The van der Waals surface area contributed by atoms with Crippen LogP contribution in [0.15, 0.2) is 53.4 Å². The first-order valence-electron chi connectivity index (χ1n) is 9.06. The summed E-state index contributed by atoms with van der Waals surface area (Å²) in [5.74, 6) is 0.464. The number of halogens is 2. The van der Waals surface area contributed by atoms with Crippen molar-refractivity contribution in [3.05, 3.63) is 64.9 Å². The van der Waals surface area contributed by atoms with E-state index in [0.29, 0.717) is 37.0 Å². The van der Waals surface area contributed by atoms with Crippen LogP contribution in [0.1, 0.15) is 24.8 Å². The lowest BCUT2D eigenvalue weighted by atomic mass is 9.74. The minimum absolute atomic E-state index is 0.0127. The lowest BCUT2D eigenvalue weighted by Gasteiger charge is -2.38. The number of thioether (sulfide) groups is 1. The standard InChI is InChI=1S/C21H23ClFNO2S/c22-17-4-6-19(7-5-17)27-13-8-20(25)24-15-21(9-11-26-12-10-21)16-2-1-3-18(23)14-16/h1-7,14H,8-13,15H2,(H,24,25). The van der Waals surface area contributed by atoms with E-state index >= 15 is 0 Å². The molecule has 1 aliphatic rings. The summed E-state index contributed by atoms with van der Waals surface area (Å²) in [5, 5.41) is 3.76. The highest BCUT2D eigenvalue weighted by Gasteiger charge is 2.35. The molecule has 144 valence electrons. The van der Waals surface area contributed by atoms with Crippen molar-refractivity contribution in [1.82, 2.24) is 5.32 Å². The molecule has 0 saturated carbocycles. The fourth-order valence-electron chi connectivity index (χ4n) is 3.30. The van der Waals surface area contributed by atoms with Gasteiger partial charge in [-0.05, 0) is 54.8 Å². The van der Waals surface area contributed by atoms with Crippen LogP contribution in [0.2, 0.25) is 5.02 Å². The molecule has 27 heavy (non-hydrogen) atoms. The molecule has 1 N–H and O–H groups in total. The van der Waals surface area contributed by atoms with Crippen molar-refractivity contribution in [1.29, 1.82) is 0 Å². The summed E-state index contributed by atoms with van der Waals surface area (Å²) in [7, 11) is 0. The van der Waals surface area contributed by atoms with E-state index in [1.165, 1.54) is 6.07 Å². The van der Waals surface area contributed by atoms with E-state index in [-0.39, 0.29) is 17.1 Å². The maximum absolute atomic E-state index is 13.7. The monoisotopic (exact) mass is 407 g/mol. The molecule has 3 rings (SSSR count). The van der Waals surface area contributed by atoms with E-state index in [1.807, 2.05) is 30.3 Å². The zero-order chi connectivity index (χ0) is 19.1. The Kier molecular flexibility index (Phi) is 7.16. The first-order chi connectivity index (χ1) is 13.1. The molecule has 2 aromatic rings. The Labute approximate surface area is 168 Å². The van der Waals surface area contributed by atoms with Crippen molar-refractivity contribution in [3.8, 4) is 0 Å². The number of carbonyl (C=O) groups is 1. The van der Waals surface area contributed by atoms with Crippen LogP contribution < -0.4 is 5.32 Å². The van der Waals surface area contributed by atoms with Crippen LogP contribution in [0.25, 0.3) is 0 Å². The highest BCUT2D eigenvalue weighted by Crippen LogP contribution is 2.34. The van der Waals surface area contributed by atoms with Crippen LogP contribution in [0.4, 0.5) is 4.39 Å². The fourth-order valence-corrected chi connectivity index (χ4v) is 4.27. The summed E-state index contributed by atoms with van der Waals surface area (Å²) >= 11 is 7.51. The minimum Gasteiger partial charge on any atom is -0.381 e. The zero-order valence-electron chi connectivity index (χ0n) is 15.0. The summed E-state index contributed by atoms with van der Waals surface area (Å²) in [4.78, 5) is 13.4. The maximum atomic E-state index is 13.7. The third-order valence-electron chi connectivity index (χ3n) is 4.92. The number of rotatable bonds is 7. The predicted octanol–water partition coefficient (Wildman–Crippen LogP) is 4.83. The average Bonchev–Trinajstić information content (AvgIpc) is 2.69. The van der Waals surface area contributed by atoms with Gasteiger partial charge in [-0.2, -0.15) is 0 Å². The molecule has 1 saturated heterocycles. The second kappa shape index (κ2) is 9.58.